The van der Waals surface area contributed by atoms with E-state index in [0.29, 0.717) is 0 Å². The summed E-state index contributed by atoms with van der Waals surface area (Å²) in [6.45, 7) is 2.07. The van der Waals surface area contributed by atoms with E-state index >= 15 is 0 Å². The van der Waals surface area contributed by atoms with Crippen LogP contribution in [-0.2, 0) is 0 Å². The van der Waals surface area contributed by atoms with Crippen molar-refractivity contribution in [3.05, 3.63) is 73.3 Å². The Balaban J connectivity index is 2.44. The first-order valence-corrected chi connectivity index (χ1v) is 10.6. The van der Waals surface area contributed by atoms with E-state index in [1.165, 1.54) is 10.4 Å². The van der Waals surface area contributed by atoms with Gasteiger partial charge in [-0.1, -0.05) is 66.7 Å². The van der Waals surface area contributed by atoms with Crippen molar-refractivity contribution in [1.82, 2.24) is 0 Å². The molecule has 0 amide bonds. The van der Waals surface area contributed by atoms with Crippen molar-refractivity contribution < 1.29 is 0 Å². The normalized spacial score (nSPS) is 11.2. The minimum Gasteiger partial charge on any atom is -0.114 e. The topological polar surface area (TPSA) is 0 Å². The van der Waals surface area contributed by atoms with Gasteiger partial charge in [0.15, 0.2) is 6.69 Å². The molecule has 2 heteroatoms. The van der Waals surface area contributed by atoms with Gasteiger partial charge in [-0.05, 0) is 22.8 Å². The summed E-state index contributed by atoms with van der Waals surface area (Å²) in [6.07, 6.45) is 3.05. The molecule has 2 aromatic rings. The summed E-state index contributed by atoms with van der Waals surface area (Å²) in [6, 6.07) is 22.7. The van der Waals surface area contributed by atoms with Crippen LogP contribution in [-0.4, -0.2) is 6.69 Å². The largest absolute Gasteiger partial charge is 0.191 e. The van der Waals surface area contributed by atoms with E-state index < -0.39 is 6.69 Å². The van der Waals surface area contributed by atoms with Crippen LogP contribution in [0.5, 0.6) is 0 Å². The highest BCUT2D eigenvalue weighted by Gasteiger charge is 2.33. The van der Waals surface area contributed by atoms with Gasteiger partial charge in [-0.15, -0.1) is 21.9 Å². The average molecular weight is 317 g/mol. The number of allylic oxidation sites excluding steroid dienone is 1. The fourth-order valence-electron chi connectivity index (χ4n) is 2.16. The highest BCUT2D eigenvalue weighted by Crippen LogP contribution is 2.20. The Hall–Kier alpha value is -1.12. The first-order chi connectivity index (χ1) is 8.77. The predicted molar refractivity (Wildman–Crippen MR) is 86.5 cm³/mol. The van der Waals surface area contributed by atoms with Gasteiger partial charge < -0.3 is 0 Å². The summed E-state index contributed by atoms with van der Waals surface area (Å²) in [5.74, 6) is 0. The van der Waals surface area contributed by atoms with E-state index in [0.717, 1.165) is 12.5 Å². The van der Waals surface area contributed by atoms with Crippen molar-refractivity contribution in [3.8, 4) is 0 Å². The molecule has 0 aliphatic carbocycles. The van der Waals surface area contributed by atoms with Crippen LogP contribution >= 0.6 is 15.3 Å². The Kier molecular flexibility index (Phi) is 4.56. The third kappa shape index (κ3) is 2.82. The molecule has 0 aromatic heterocycles. The van der Waals surface area contributed by atoms with Gasteiger partial charge in [0, 0.05) is 0 Å². The van der Waals surface area contributed by atoms with Crippen molar-refractivity contribution >= 4 is 32.4 Å². The highest BCUT2D eigenvalue weighted by molar-refractivity contribution is 9.27. The third-order valence-corrected chi connectivity index (χ3v) is 10.6. The number of rotatable bonds is 5. The lowest BCUT2D eigenvalue weighted by molar-refractivity contribution is 1.20. The van der Waals surface area contributed by atoms with Crippen molar-refractivity contribution in [2.24, 2.45) is 0 Å². The van der Waals surface area contributed by atoms with Crippen LogP contribution in [0.15, 0.2) is 73.3 Å². The molecule has 0 saturated carbocycles. The number of hydrogen-bond acceptors (Lipinski definition) is 0. The van der Waals surface area contributed by atoms with E-state index in [9.17, 15) is 0 Å². The van der Waals surface area contributed by atoms with E-state index in [-0.39, 0.29) is 0 Å². The van der Waals surface area contributed by atoms with Crippen molar-refractivity contribution in [1.29, 1.82) is 0 Å². The summed E-state index contributed by atoms with van der Waals surface area (Å²) in [5, 5.41) is 2.86. The molecule has 0 nitrogen and oxygen atoms in total. The Labute approximate surface area is 118 Å². The zero-order valence-electron chi connectivity index (χ0n) is 10.4. The molecule has 0 atom stereocenters. The standard InChI is InChI=1S/C16H17BrSi/c1-2-3-14-18(17,15-10-6-4-7-11-15)16-12-8-5-9-13-16/h2,4-13H,1,3,14H2. The zero-order chi connectivity index (χ0) is 12.8. The van der Waals surface area contributed by atoms with Crippen LogP contribution in [0.1, 0.15) is 6.42 Å². The Bertz CT molecular complexity index is 454. The fraction of sp³-hybridized carbons (Fsp3) is 0.125. The number of hydrogen-bond donors (Lipinski definition) is 0. The molecule has 0 fully saturated rings. The second-order valence-corrected chi connectivity index (χ2v) is 11.7. The monoisotopic (exact) mass is 316 g/mol. The molecule has 0 aliphatic heterocycles. The lowest BCUT2D eigenvalue weighted by Crippen LogP contribution is -2.52. The van der Waals surface area contributed by atoms with E-state index in [2.05, 4.69) is 82.5 Å². The van der Waals surface area contributed by atoms with Gasteiger partial charge in [-0.3, -0.25) is 0 Å². The lowest BCUT2D eigenvalue weighted by Gasteiger charge is -2.26. The maximum atomic E-state index is 4.09. The molecular formula is C16H17BrSi. The predicted octanol–water partition coefficient (Wildman–Crippen LogP) is 3.72. The van der Waals surface area contributed by atoms with Crippen LogP contribution in [0.3, 0.4) is 0 Å². The molecule has 2 aromatic carbocycles. The minimum atomic E-state index is -1.78. The van der Waals surface area contributed by atoms with E-state index in [4.69, 9.17) is 0 Å². The van der Waals surface area contributed by atoms with E-state index in [1.54, 1.807) is 0 Å². The van der Waals surface area contributed by atoms with Crippen molar-refractivity contribution in [3.63, 3.8) is 0 Å². The molecule has 0 spiro atoms. The van der Waals surface area contributed by atoms with Gasteiger partial charge in [0.1, 0.15) is 0 Å². The molecule has 0 bridgehead atoms. The smallest absolute Gasteiger partial charge is 0.114 e. The molecule has 0 heterocycles. The van der Waals surface area contributed by atoms with Crippen LogP contribution in [0.2, 0.25) is 6.04 Å². The van der Waals surface area contributed by atoms with Gasteiger partial charge >= 0.3 is 0 Å². The maximum Gasteiger partial charge on any atom is 0.191 e. The highest BCUT2D eigenvalue weighted by atomic mass is 79.9. The second-order valence-electron chi connectivity index (χ2n) is 4.36. The molecular weight excluding hydrogens is 300 g/mol. The average Bonchev–Trinajstić information content (AvgIpc) is 2.46. The first-order valence-electron chi connectivity index (χ1n) is 6.18. The zero-order valence-corrected chi connectivity index (χ0v) is 12.9. The van der Waals surface area contributed by atoms with Gasteiger partial charge in [-0.2, -0.15) is 0 Å². The summed E-state index contributed by atoms with van der Waals surface area (Å²) < 4.78 is 0. The SMILES string of the molecule is C=CCC[Si](Br)(c1ccccc1)c1ccccc1. The summed E-state index contributed by atoms with van der Waals surface area (Å²) in [7, 11) is 0. The minimum absolute atomic E-state index is 1.04. The van der Waals surface area contributed by atoms with Crippen LogP contribution in [0, 0.1) is 0 Å². The Morgan fingerprint density at radius 2 is 1.33 bits per heavy atom. The quantitative estimate of drug-likeness (QED) is 0.448. The van der Waals surface area contributed by atoms with Crippen LogP contribution in [0.4, 0.5) is 0 Å². The van der Waals surface area contributed by atoms with Gasteiger partial charge in [0.25, 0.3) is 0 Å². The molecule has 0 saturated heterocycles. The van der Waals surface area contributed by atoms with E-state index in [1.807, 2.05) is 6.08 Å². The first kappa shape index (κ1) is 13.3. The van der Waals surface area contributed by atoms with Crippen molar-refractivity contribution in [2.45, 2.75) is 12.5 Å². The molecule has 2 rings (SSSR count). The van der Waals surface area contributed by atoms with Crippen LogP contribution in [0.25, 0.3) is 0 Å². The Morgan fingerprint density at radius 3 is 1.72 bits per heavy atom. The molecule has 92 valence electrons. The molecule has 0 unspecified atom stereocenters. The molecule has 18 heavy (non-hydrogen) atoms. The third-order valence-electron chi connectivity index (χ3n) is 3.16. The Morgan fingerprint density at radius 1 is 0.889 bits per heavy atom. The summed E-state index contributed by atoms with van der Waals surface area (Å²) in [5.41, 5.74) is 0. The van der Waals surface area contributed by atoms with Gasteiger partial charge in [0.2, 0.25) is 0 Å². The number of halogens is 1. The van der Waals surface area contributed by atoms with Gasteiger partial charge in [0.05, 0.1) is 0 Å². The lowest BCUT2D eigenvalue weighted by atomic mass is 10.4. The molecule has 0 aliphatic rings. The summed E-state index contributed by atoms with van der Waals surface area (Å²) >= 11 is 4.09. The molecule has 0 N–H and O–H groups in total. The van der Waals surface area contributed by atoms with Gasteiger partial charge in [-0.25, -0.2) is 0 Å². The fourth-order valence-corrected chi connectivity index (χ4v) is 7.39. The van der Waals surface area contributed by atoms with Crippen molar-refractivity contribution in [2.75, 3.05) is 0 Å². The summed E-state index contributed by atoms with van der Waals surface area (Å²) in [4.78, 5) is 0. The van der Waals surface area contributed by atoms with Crippen LogP contribution < -0.4 is 10.4 Å². The molecule has 0 radical (unpaired) electrons. The maximum absolute atomic E-state index is 4.09. The second kappa shape index (κ2) is 6.16. The number of benzene rings is 2.